The van der Waals surface area contributed by atoms with E-state index in [1.54, 1.807) is 16.3 Å². The molecule has 0 radical (unpaired) electrons. The van der Waals surface area contributed by atoms with Gasteiger partial charge in [0.05, 0.1) is 15.2 Å². The number of fused-ring (bicyclic) bond motifs is 1. The minimum atomic E-state index is -1.14. The predicted octanol–water partition coefficient (Wildman–Crippen LogP) is 2.63. The number of thioether (sulfide) groups is 2. The summed E-state index contributed by atoms with van der Waals surface area (Å²) in [7, 11) is 0. The lowest BCUT2D eigenvalue weighted by atomic mass is 10.2. The second-order valence-corrected chi connectivity index (χ2v) is 11.0. The zero-order valence-corrected chi connectivity index (χ0v) is 21.4. The molecule has 1 amide bonds. The lowest BCUT2D eigenvalue weighted by Gasteiger charge is -2.17. The Morgan fingerprint density at radius 1 is 1.12 bits per heavy atom. The average Bonchev–Trinajstić information content (AvgIpc) is 3.39. The molecule has 4 rings (SSSR count). The van der Waals surface area contributed by atoms with Crippen LogP contribution < -0.4 is 19.7 Å². The summed E-state index contributed by atoms with van der Waals surface area (Å²) in [6.07, 6.45) is 2.01. The molecule has 0 bridgehead atoms. The van der Waals surface area contributed by atoms with E-state index in [2.05, 4.69) is 24.0 Å². The first kappa shape index (κ1) is 23.8. The van der Waals surface area contributed by atoms with Crippen molar-refractivity contribution in [3.05, 3.63) is 54.9 Å². The third kappa shape index (κ3) is 4.30. The number of thiazole rings is 1. The number of carbonyl (C=O) groups is 2. The van der Waals surface area contributed by atoms with Crippen LogP contribution in [0.4, 0.5) is 5.69 Å². The zero-order valence-electron chi connectivity index (χ0n) is 18.2. The highest BCUT2D eigenvalue weighted by atomic mass is 32.2. The lowest BCUT2D eigenvalue weighted by molar-refractivity contribution is -0.140. The summed E-state index contributed by atoms with van der Waals surface area (Å²) in [5, 5.41) is 10.1. The Hall–Kier alpha value is -2.34. The molecule has 0 aliphatic carbocycles. The van der Waals surface area contributed by atoms with Gasteiger partial charge in [-0.2, -0.15) is 0 Å². The lowest BCUT2D eigenvalue weighted by Crippen LogP contribution is -2.35. The molecule has 1 fully saturated rings. The Bertz CT molecular complexity index is 1390. The van der Waals surface area contributed by atoms with Crippen molar-refractivity contribution in [1.82, 2.24) is 9.47 Å². The Kier molecular flexibility index (Phi) is 6.85. The minimum absolute atomic E-state index is 0.168. The summed E-state index contributed by atoms with van der Waals surface area (Å²) >= 11 is 9.17. The topological polar surface area (TPSA) is 82.8 Å². The average molecular weight is 520 g/mol. The highest BCUT2D eigenvalue weighted by Gasteiger charge is 2.35. The summed E-state index contributed by atoms with van der Waals surface area (Å²) in [6.45, 7) is 6.53. The fraction of sp³-hybridized carbons (Fsp3) is 0.273. The number of aromatic nitrogens is 1. The molecule has 3 heterocycles. The third-order valence-electron chi connectivity index (χ3n) is 5.19. The number of amides is 1. The van der Waals surface area contributed by atoms with Crippen LogP contribution in [0.1, 0.15) is 20.8 Å². The second kappa shape index (κ2) is 9.49. The summed E-state index contributed by atoms with van der Waals surface area (Å²) in [6, 6.07) is 8.19. The SMILES string of the molecule is CCN1/C(=C\C(C)=c2\s/c(=C3\SC(=S)N(CC(=O)O)C3=O)n(CC)c2=O)Sc2ccccc21. The molecule has 1 aromatic carbocycles. The van der Waals surface area contributed by atoms with Crippen molar-refractivity contribution >= 4 is 79.4 Å². The molecule has 0 saturated carbocycles. The van der Waals surface area contributed by atoms with Crippen LogP contribution in [0.3, 0.4) is 0 Å². The quantitative estimate of drug-likeness (QED) is 0.604. The number of carbonyl (C=O) groups excluding carboxylic acids is 1. The van der Waals surface area contributed by atoms with Crippen molar-refractivity contribution in [2.75, 3.05) is 18.0 Å². The first-order valence-corrected chi connectivity index (χ1v) is 13.1. The van der Waals surface area contributed by atoms with Crippen molar-refractivity contribution in [2.24, 2.45) is 0 Å². The van der Waals surface area contributed by atoms with Gasteiger partial charge in [0.15, 0.2) is 0 Å². The van der Waals surface area contributed by atoms with Gasteiger partial charge >= 0.3 is 5.97 Å². The van der Waals surface area contributed by atoms with Gasteiger partial charge in [-0.3, -0.25) is 23.9 Å². The number of para-hydroxylation sites is 1. The molecule has 0 spiro atoms. The van der Waals surface area contributed by atoms with Crippen LogP contribution in [-0.2, 0) is 16.1 Å². The van der Waals surface area contributed by atoms with E-state index in [4.69, 9.17) is 17.3 Å². The first-order valence-electron chi connectivity index (χ1n) is 10.2. The van der Waals surface area contributed by atoms with E-state index in [-0.39, 0.29) is 9.88 Å². The number of thiocarbonyl (C=S) groups is 1. The summed E-state index contributed by atoms with van der Waals surface area (Å²) in [4.78, 5) is 42.0. The maximum atomic E-state index is 13.2. The predicted molar refractivity (Wildman–Crippen MR) is 139 cm³/mol. The number of hydrogen-bond acceptors (Lipinski definition) is 8. The summed E-state index contributed by atoms with van der Waals surface area (Å²) < 4.78 is 2.80. The normalized spacial score (nSPS) is 19.5. The van der Waals surface area contributed by atoms with Gasteiger partial charge in [0, 0.05) is 18.0 Å². The molecule has 172 valence electrons. The van der Waals surface area contributed by atoms with E-state index in [0.717, 1.165) is 39.5 Å². The Morgan fingerprint density at radius 3 is 2.52 bits per heavy atom. The highest BCUT2D eigenvalue weighted by molar-refractivity contribution is 8.30. The molecule has 1 aromatic heterocycles. The van der Waals surface area contributed by atoms with Crippen LogP contribution in [0.2, 0.25) is 0 Å². The number of hydrogen-bond donors (Lipinski definition) is 1. The third-order valence-corrected chi connectivity index (χ3v) is 9.19. The molecule has 11 heteroatoms. The first-order chi connectivity index (χ1) is 15.8. The van der Waals surface area contributed by atoms with Crippen molar-refractivity contribution < 1.29 is 14.7 Å². The number of nitrogens with zero attached hydrogens (tertiary/aromatic N) is 3. The van der Waals surface area contributed by atoms with Gasteiger partial charge in [-0.25, -0.2) is 0 Å². The van der Waals surface area contributed by atoms with E-state index in [1.165, 1.54) is 16.2 Å². The fourth-order valence-electron chi connectivity index (χ4n) is 3.65. The standard InChI is InChI=1S/C22H21N3O4S4/c1-4-23-13-8-6-7-9-14(13)31-15(23)10-12(3)17-19(28)24(5-2)21(32-17)18-20(29)25(11-16(26)27)22(30)33-18/h6-10H,4-5,11H2,1-3H3,(H,26,27)/b15-10+,17-12+,21-18-. The van der Waals surface area contributed by atoms with E-state index in [1.807, 2.05) is 32.1 Å². The van der Waals surface area contributed by atoms with E-state index >= 15 is 0 Å². The molecule has 2 aromatic rings. The largest absolute Gasteiger partial charge is 0.480 e. The van der Waals surface area contributed by atoms with E-state index in [0.29, 0.717) is 20.6 Å². The molecule has 0 unspecified atom stereocenters. The molecular weight excluding hydrogens is 499 g/mol. The van der Waals surface area contributed by atoms with Crippen LogP contribution >= 0.6 is 47.1 Å². The maximum absolute atomic E-state index is 13.2. The van der Waals surface area contributed by atoms with Gasteiger partial charge in [-0.15, -0.1) is 11.3 Å². The molecule has 2 aliphatic rings. The second-order valence-electron chi connectivity index (χ2n) is 7.25. The van der Waals surface area contributed by atoms with Gasteiger partial charge in [-0.1, -0.05) is 47.9 Å². The molecule has 1 saturated heterocycles. The smallest absolute Gasteiger partial charge is 0.323 e. The van der Waals surface area contributed by atoms with Gasteiger partial charge in [-0.05, 0) is 44.6 Å². The highest BCUT2D eigenvalue weighted by Crippen LogP contribution is 2.45. The number of anilines is 1. The van der Waals surface area contributed by atoms with Gasteiger partial charge in [0.1, 0.15) is 20.4 Å². The van der Waals surface area contributed by atoms with Crippen LogP contribution in [0.25, 0.3) is 10.5 Å². The monoisotopic (exact) mass is 519 g/mol. The number of carboxylic acid groups (broad SMARTS) is 1. The molecule has 1 N–H and O–H groups in total. The molecule has 33 heavy (non-hydrogen) atoms. The van der Waals surface area contributed by atoms with Gasteiger partial charge < -0.3 is 10.0 Å². The number of carboxylic acids is 1. The molecule has 7 nitrogen and oxygen atoms in total. The van der Waals surface area contributed by atoms with Crippen LogP contribution in [0.15, 0.2) is 45.1 Å². The minimum Gasteiger partial charge on any atom is -0.480 e. The van der Waals surface area contributed by atoms with Crippen LogP contribution in [-0.4, -0.2) is 43.9 Å². The maximum Gasteiger partial charge on any atom is 0.323 e. The Balaban J connectivity index is 1.85. The Labute approximate surface area is 208 Å². The van der Waals surface area contributed by atoms with Crippen LogP contribution in [0, 0.1) is 0 Å². The zero-order chi connectivity index (χ0) is 23.9. The van der Waals surface area contributed by atoms with E-state index in [9.17, 15) is 14.4 Å². The van der Waals surface area contributed by atoms with Gasteiger partial charge in [0.2, 0.25) is 0 Å². The number of benzene rings is 1. The van der Waals surface area contributed by atoms with Gasteiger partial charge in [0.25, 0.3) is 11.5 Å². The van der Waals surface area contributed by atoms with Crippen molar-refractivity contribution in [1.29, 1.82) is 0 Å². The summed E-state index contributed by atoms with van der Waals surface area (Å²) in [5.41, 5.74) is 1.80. The number of aliphatic carboxylic acids is 1. The molecule has 2 aliphatic heterocycles. The molecular formula is C22H21N3O4S4. The van der Waals surface area contributed by atoms with E-state index < -0.39 is 18.4 Å². The number of allylic oxidation sites excluding steroid dienone is 1. The Morgan fingerprint density at radius 2 is 1.85 bits per heavy atom. The van der Waals surface area contributed by atoms with Crippen molar-refractivity contribution in [2.45, 2.75) is 32.2 Å². The summed E-state index contributed by atoms with van der Waals surface area (Å²) in [5.74, 6) is -1.61. The fourth-order valence-corrected chi connectivity index (χ4v) is 7.47. The van der Waals surface area contributed by atoms with Crippen molar-refractivity contribution in [3.63, 3.8) is 0 Å². The molecule has 0 atom stereocenters. The van der Waals surface area contributed by atoms with Crippen molar-refractivity contribution in [3.8, 4) is 0 Å². The van der Waals surface area contributed by atoms with Crippen LogP contribution in [0.5, 0.6) is 0 Å². The number of rotatable bonds is 5.